The maximum absolute atomic E-state index is 12.9. The van der Waals surface area contributed by atoms with Crippen LogP contribution in [0.2, 0.25) is 5.02 Å². The van der Waals surface area contributed by atoms with E-state index in [9.17, 15) is 32.3 Å². The van der Waals surface area contributed by atoms with Crippen LogP contribution >= 0.6 is 11.6 Å². The number of ketones is 1. The van der Waals surface area contributed by atoms with E-state index in [1.807, 2.05) is 0 Å². The molecular formula is C21H24ClF3N2O6. The highest BCUT2D eigenvalue weighted by atomic mass is 35.5. The van der Waals surface area contributed by atoms with Gasteiger partial charge in [0.1, 0.15) is 12.3 Å². The average Bonchev–Trinajstić information content (AvgIpc) is 2.76. The van der Waals surface area contributed by atoms with Crippen molar-refractivity contribution in [2.75, 3.05) is 13.1 Å². The Kier molecular flexibility index (Phi) is 9.09. The average molecular weight is 493 g/mol. The third-order valence-corrected chi connectivity index (χ3v) is 5.53. The zero-order valence-corrected chi connectivity index (χ0v) is 18.6. The summed E-state index contributed by atoms with van der Waals surface area (Å²) in [5.41, 5.74) is -0.439. The predicted octanol–water partition coefficient (Wildman–Crippen LogP) is 3.40. The number of Topliss-reactive ketones (excluding diaryl/α,β-unsaturated/α-hetero) is 1. The largest absolute Gasteiger partial charge is 0.471 e. The minimum absolute atomic E-state index is 0.000956. The Labute approximate surface area is 193 Å². The normalized spacial score (nSPS) is 19.4. The van der Waals surface area contributed by atoms with Gasteiger partial charge in [0.2, 0.25) is 6.29 Å². The van der Waals surface area contributed by atoms with Crippen molar-refractivity contribution < 1.29 is 41.8 Å². The van der Waals surface area contributed by atoms with Gasteiger partial charge in [-0.1, -0.05) is 43.1 Å². The van der Waals surface area contributed by atoms with Gasteiger partial charge in [0, 0.05) is 24.4 Å². The molecule has 0 saturated heterocycles. The van der Waals surface area contributed by atoms with E-state index in [-0.39, 0.29) is 18.7 Å². The minimum atomic E-state index is -5.14. The van der Waals surface area contributed by atoms with Crippen molar-refractivity contribution in [2.45, 2.75) is 56.9 Å². The summed E-state index contributed by atoms with van der Waals surface area (Å²) in [5.74, 6) is -3.59. The van der Waals surface area contributed by atoms with E-state index in [2.05, 4.69) is 5.32 Å². The summed E-state index contributed by atoms with van der Waals surface area (Å²) in [6.07, 6.45) is -5.24. The van der Waals surface area contributed by atoms with Gasteiger partial charge in [0.25, 0.3) is 0 Å². The molecule has 1 aromatic rings. The first-order chi connectivity index (χ1) is 15.5. The Hall–Kier alpha value is -2.82. The molecule has 1 aliphatic rings. The third kappa shape index (κ3) is 7.08. The van der Waals surface area contributed by atoms with Gasteiger partial charge in [-0.05, 0) is 24.5 Å². The number of halogens is 4. The van der Waals surface area contributed by atoms with E-state index in [1.165, 1.54) is 12.2 Å². The van der Waals surface area contributed by atoms with Crippen LogP contribution in [0.3, 0.4) is 0 Å². The summed E-state index contributed by atoms with van der Waals surface area (Å²) >= 11 is 6.32. The molecule has 1 aliphatic carbocycles. The molecule has 2 amide bonds. The molecule has 1 aromatic carbocycles. The van der Waals surface area contributed by atoms with Gasteiger partial charge < -0.3 is 20.1 Å². The van der Waals surface area contributed by atoms with Crippen LogP contribution in [0.25, 0.3) is 0 Å². The Morgan fingerprint density at radius 3 is 2.45 bits per heavy atom. The lowest BCUT2D eigenvalue weighted by Gasteiger charge is -2.37. The van der Waals surface area contributed by atoms with Crippen molar-refractivity contribution in [3.05, 3.63) is 34.9 Å². The number of carbonyl (C=O) groups excluding carboxylic acids is 4. The van der Waals surface area contributed by atoms with E-state index in [4.69, 9.17) is 21.1 Å². The molecule has 0 aliphatic heterocycles. The molecule has 8 nitrogen and oxygen atoms in total. The van der Waals surface area contributed by atoms with Crippen molar-refractivity contribution in [3.63, 3.8) is 0 Å². The van der Waals surface area contributed by atoms with Gasteiger partial charge in [0.15, 0.2) is 0 Å². The molecule has 0 aromatic heterocycles. The summed E-state index contributed by atoms with van der Waals surface area (Å²) in [6.45, 7) is 0.361. The number of alkyl halides is 3. The Balaban J connectivity index is 1.97. The van der Waals surface area contributed by atoms with Crippen molar-refractivity contribution in [1.82, 2.24) is 10.6 Å². The van der Waals surface area contributed by atoms with Crippen LogP contribution in [0.4, 0.5) is 18.0 Å². The van der Waals surface area contributed by atoms with E-state index in [0.717, 1.165) is 12.8 Å². The molecule has 12 heteroatoms. The summed E-state index contributed by atoms with van der Waals surface area (Å²) in [6, 6.07) is 6.85. The van der Waals surface area contributed by atoms with E-state index >= 15 is 0 Å². The van der Waals surface area contributed by atoms with Crippen LogP contribution in [0.5, 0.6) is 0 Å². The lowest BCUT2D eigenvalue weighted by Crippen LogP contribution is -2.49. The minimum Gasteiger partial charge on any atom is -0.424 e. The van der Waals surface area contributed by atoms with Gasteiger partial charge in [-0.3, -0.25) is 14.4 Å². The number of hydrogen-bond acceptors (Lipinski definition) is 6. The lowest BCUT2D eigenvalue weighted by atomic mass is 9.68. The maximum atomic E-state index is 12.9. The zero-order chi connectivity index (χ0) is 24.6. The Bertz CT molecular complexity index is 895. The fourth-order valence-electron chi connectivity index (χ4n) is 3.52. The van der Waals surface area contributed by atoms with Crippen LogP contribution in [0, 0.1) is 0 Å². The fraction of sp³-hybridized carbons (Fsp3) is 0.524. The first-order valence-corrected chi connectivity index (χ1v) is 10.6. The van der Waals surface area contributed by atoms with Gasteiger partial charge in [0.05, 0.1) is 5.41 Å². The van der Waals surface area contributed by atoms with Gasteiger partial charge in [-0.15, -0.1) is 0 Å². The van der Waals surface area contributed by atoms with E-state index < -0.39 is 42.4 Å². The van der Waals surface area contributed by atoms with Crippen molar-refractivity contribution in [2.24, 2.45) is 0 Å². The first kappa shape index (κ1) is 26.4. The molecule has 0 unspecified atom stereocenters. The topological polar surface area (TPSA) is 111 Å². The third-order valence-electron chi connectivity index (χ3n) is 5.20. The highest BCUT2D eigenvalue weighted by Gasteiger charge is 2.43. The van der Waals surface area contributed by atoms with Crippen molar-refractivity contribution >= 4 is 35.4 Å². The molecule has 0 radical (unpaired) electrons. The number of hydrogen-bond donors (Lipinski definition) is 2. The summed E-state index contributed by atoms with van der Waals surface area (Å²) in [5, 5.41) is 4.26. The van der Waals surface area contributed by atoms with Gasteiger partial charge >= 0.3 is 24.1 Å². The molecule has 2 N–H and O–H groups in total. The van der Waals surface area contributed by atoms with Crippen LogP contribution in [-0.4, -0.2) is 49.3 Å². The molecule has 0 bridgehead atoms. The number of esters is 1. The Morgan fingerprint density at radius 1 is 1.15 bits per heavy atom. The summed E-state index contributed by atoms with van der Waals surface area (Å²) in [7, 11) is 0. The number of rotatable bonds is 8. The molecule has 0 heterocycles. The van der Waals surface area contributed by atoms with Gasteiger partial charge in [-0.2, -0.15) is 13.2 Å². The number of ether oxygens (including phenoxy) is 2. The van der Waals surface area contributed by atoms with Crippen LogP contribution in [-0.2, 0) is 29.3 Å². The van der Waals surface area contributed by atoms with Gasteiger partial charge in [-0.25, -0.2) is 4.79 Å². The van der Waals surface area contributed by atoms with E-state index in [1.54, 1.807) is 24.3 Å². The molecule has 182 valence electrons. The number of carbonyl (C=O) groups is 4. The quantitative estimate of drug-likeness (QED) is 0.425. The SMILES string of the molecule is CC[C@@H](OC(=O)CNC(=O)C(F)(F)F)OC(=O)NC[C@@]1(c2ccccc2Cl)CCCCC1=O. The molecule has 1 saturated carbocycles. The predicted molar refractivity (Wildman–Crippen MR) is 110 cm³/mol. The second-order valence-electron chi connectivity index (χ2n) is 7.46. The molecular weight excluding hydrogens is 469 g/mol. The highest BCUT2D eigenvalue weighted by molar-refractivity contribution is 6.31. The van der Waals surface area contributed by atoms with E-state index in [0.29, 0.717) is 23.4 Å². The number of nitrogens with one attached hydrogen (secondary N) is 2. The first-order valence-electron chi connectivity index (χ1n) is 10.3. The van der Waals surface area contributed by atoms with Crippen LogP contribution in [0.15, 0.2) is 24.3 Å². The number of alkyl carbamates (subject to hydrolysis) is 1. The van der Waals surface area contributed by atoms with Crippen molar-refractivity contribution in [1.29, 1.82) is 0 Å². The van der Waals surface area contributed by atoms with Crippen LogP contribution in [0.1, 0.15) is 44.6 Å². The highest BCUT2D eigenvalue weighted by Crippen LogP contribution is 2.39. The molecule has 2 rings (SSSR count). The smallest absolute Gasteiger partial charge is 0.424 e. The summed E-state index contributed by atoms with van der Waals surface area (Å²) in [4.78, 5) is 47.6. The Morgan fingerprint density at radius 2 is 1.85 bits per heavy atom. The summed E-state index contributed by atoms with van der Waals surface area (Å²) < 4.78 is 46.3. The molecule has 2 atom stereocenters. The zero-order valence-electron chi connectivity index (χ0n) is 17.8. The monoisotopic (exact) mass is 492 g/mol. The maximum Gasteiger partial charge on any atom is 0.471 e. The lowest BCUT2D eigenvalue weighted by molar-refractivity contribution is -0.177. The molecule has 0 spiro atoms. The number of amides is 2. The number of benzene rings is 1. The standard InChI is InChI=1S/C21H24ClF3N2O6/c1-2-17(32-16(29)11-26-18(30)21(23,24)25)33-19(31)27-12-20(10-6-5-9-15(20)28)13-7-3-4-8-14(13)22/h3-4,7-8,17H,2,5-6,9-12H2,1H3,(H,26,30)(H,27,31)/t17-,20+/m0/s1. The molecule has 1 fully saturated rings. The fourth-order valence-corrected chi connectivity index (χ4v) is 3.84. The second-order valence-corrected chi connectivity index (χ2v) is 7.87. The van der Waals surface area contributed by atoms with Crippen LogP contribution < -0.4 is 10.6 Å². The van der Waals surface area contributed by atoms with Crippen molar-refractivity contribution in [3.8, 4) is 0 Å². The molecule has 33 heavy (non-hydrogen) atoms. The second kappa shape index (κ2) is 11.4.